The molecule has 0 fully saturated rings. The van der Waals surface area contributed by atoms with Crippen LogP contribution in [0.5, 0.6) is 0 Å². The maximum absolute atomic E-state index is 11.0. The minimum Gasteiger partial charge on any atom is -0.350 e. The molecule has 0 spiro atoms. The number of hydrogen-bond acceptors (Lipinski definition) is 5. The number of nitro benzene ring substituents is 1. The Morgan fingerprint density at radius 2 is 1.95 bits per heavy atom. The Hall–Kier alpha value is -2.25. The van der Waals surface area contributed by atoms with Gasteiger partial charge < -0.3 is 9.47 Å². The summed E-state index contributed by atoms with van der Waals surface area (Å²) in [5, 5.41) is 15.1. The summed E-state index contributed by atoms with van der Waals surface area (Å²) in [6, 6.07) is 8.05. The van der Waals surface area contributed by atoms with E-state index in [4.69, 9.17) is 9.47 Å². The molecule has 7 heteroatoms. The summed E-state index contributed by atoms with van der Waals surface area (Å²) >= 11 is 0. The van der Waals surface area contributed by atoms with E-state index in [-0.39, 0.29) is 5.69 Å². The van der Waals surface area contributed by atoms with Crippen LogP contribution < -0.4 is 0 Å². The molecule has 1 aromatic heterocycles. The van der Waals surface area contributed by atoms with Gasteiger partial charge in [0.15, 0.2) is 0 Å². The standard InChI is InChI=1S/C12H13N3O4/c1-18-12(19-2)11-7-8-13-14(11)9-5-3-4-6-10(9)15(16)17/h3-8,12H,1-2H3. The second-order valence-electron chi connectivity index (χ2n) is 3.72. The van der Waals surface area contributed by atoms with Gasteiger partial charge in [-0.05, 0) is 12.1 Å². The van der Waals surface area contributed by atoms with E-state index in [2.05, 4.69) is 5.10 Å². The topological polar surface area (TPSA) is 79.4 Å². The lowest BCUT2D eigenvalue weighted by molar-refractivity contribution is -0.384. The zero-order valence-electron chi connectivity index (χ0n) is 10.5. The van der Waals surface area contributed by atoms with Gasteiger partial charge >= 0.3 is 0 Å². The Balaban J connectivity index is 2.54. The molecule has 0 bridgehead atoms. The van der Waals surface area contributed by atoms with E-state index in [1.807, 2.05) is 0 Å². The molecule has 2 rings (SSSR count). The van der Waals surface area contributed by atoms with Crippen LogP contribution in [0.4, 0.5) is 5.69 Å². The number of hydrogen-bond donors (Lipinski definition) is 0. The molecular formula is C12H13N3O4. The molecule has 2 aromatic rings. The summed E-state index contributed by atoms with van der Waals surface area (Å²) in [6.45, 7) is 0. The van der Waals surface area contributed by atoms with Gasteiger partial charge in [-0.3, -0.25) is 10.1 Å². The van der Waals surface area contributed by atoms with E-state index >= 15 is 0 Å². The monoisotopic (exact) mass is 263 g/mol. The Kier molecular flexibility index (Phi) is 3.88. The van der Waals surface area contributed by atoms with Crippen molar-refractivity contribution in [3.05, 3.63) is 52.3 Å². The van der Waals surface area contributed by atoms with Gasteiger partial charge in [0.25, 0.3) is 5.69 Å². The number of aromatic nitrogens is 2. The Bertz CT molecular complexity index is 578. The molecular weight excluding hydrogens is 250 g/mol. The van der Waals surface area contributed by atoms with Crippen LogP contribution in [-0.2, 0) is 9.47 Å². The molecule has 0 aliphatic heterocycles. The first-order valence-electron chi connectivity index (χ1n) is 5.52. The Morgan fingerprint density at radius 3 is 2.58 bits per heavy atom. The molecule has 19 heavy (non-hydrogen) atoms. The third-order valence-corrected chi connectivity index (χ3v) is 2.65. The first-order chi connectivity index (χ1) is 9.19. The molecule has 0 aliphatic carbocycles. The van der Waals surface area contributed by atoms with Crippen molar-refractivity contribution in [2.45, 2.75) is 6.29 Å². The lowest BCUT2D eigenvalue weighted by atomic mass is 10.2. The largest absolute Gasteiger partial charge is 0.350 e. The maximum atomic E-state index is 11.0. The van der Waals surface area contributed by atoms with E-state index in [0.29, 0.717) is 11.4 Å². The fraction of sp³-hybridized carbons (Fsp3) is 0.250. The minimum atomic E-state index is -0.637. The molecule has 0 amide bonds. The van der Waals surface area contributed by atoms with Gasteiger partial charge in [0, 0.05) is 26.5 Å². The molecule has 0 saturated heterocycles. The van der Waals surface area contributed by atoms with Gasteiger partial charge in [-0.15, -0.1) is 0 Å². The average Bonchev–Trinajstić information content (AvgIpc) is 2.89. The smallest absolute Gasteiger partial charge is 0.294 e. The lowest BCUT2D eigenvalue weighted by Crippen LogP contribution is -2.12. The van der Waals surface area contributed by atoms with Crippen LogP contribution in [0.15, 0.2) is 36.5 Å². The lowest BCUT2D eigenvalue weighted by Gasteiger charge is -2.15. The molecule has 0 radical (unpaired) electrons. The molecule has 7 nitrogen and oxygen atoms in total. The average molecular weight is 263 g/mol. The predicted molar refractivity (Wildman–Crippen MR) is 67.0 cm³/mol. The number of methoxy groups -OCH3 is 2. The van der Waals surface area contributed by atoms with Gasteiger partial charge in [0.1, 0.15) is 11.4 Å². The van der Waals surface area contributed by atoms with Gasteiger partial charge in [-0.2, -0.15) is 5.10 Å². The van der Waals surface area contributed by atoms with Crippen LogP contribution in [0, 0.1) is 10.1 Å². The van der Waals surface area contributed by atoms with Gasteiger partial charge in [-0.1, -0.05) is 12.1 Å². The Morgan fingerprint density at radius 1 is 1.26 bits per heavy atom. The molecule has 0 saturated carbocycles. The first-order valence-corrected chi connectivity index (χ1v) is 5.52. The Labute approximate surface area is 109 Å². The zero-order chi connectivity index (χ0) is 13.8. The summed E-state index contributed by atoms with van der Waals surface area (Å²) < 4.78 is 11.7. The van der Waals surface area contributed by atoms with Crippen LogP contribution in [0.25, 0.3) is 5.69 Å². The molecule has 1 heterocycles. The summed E-state index contributed by atoms with van der Waals surface area (Å²) in [6.07, 6.45) is 0.902. The molecule has 0 aliphatic rings. The van der Waals surface area contributed by atoms with E-state index in [0.717, 1.165) is 0 Å². The molecule has 0 atom stereocenters. The van der Waals surface area contributed by atoms with Gasteiger partial charge in [-0.25, -0.2) is 4.68 Å². The fourth-order valence-corrected chi connectivity index (χ4v) is 1.83. The first kappa shape index (κ1) is 13.2. The summed E-state index contributed by atoms with van der Waals surface area (Å²) in [5.41, 5.74) is 0.921. The highest BCUT2D eigenvalue weighted by atomic mass is 16.7. The minimum absolute atomic E-state index is 0.0293. The van der Waals surface area contributed by atoms with Crippen molar-refractivity contribution in [2.24, 2.45) is 0 Å². The number of nitrogens with zero attached hydrogens (tertiary/aromatic N) is 3. The van der Waals surface area contributed by atoms with Crippen LogP contribution in [0.2, 0.25) is 0 Å². The number of benzene rings is 1. The second kappa shape index (κ2) is 5.59. The summed E-state index contributed by atoms with van der Waals surface area (Å²) in [4.78, 5) is 10.6. The highest BCUT2D eigenvalue weighted by Crippen LogP contribution is 2.26. The van der Waals surface area contributed by atoms with Crippen molar-refractivity contribution in [3.8, 4) is 5.69 Å². The summed E-state index contributed by atoms with van der Waals surface area (Å²) in [5.74, 6) is 0. The van der Waals surface area contributed by atoms with Crippen LogP contribution in [0.1, 0.15) is 12.0 Å². The molecule has 1 aromatic carbocycles. The van der Waals surface area contributed by atoms with E-state index in [1.54, 1.807) is 24.3 Å². The van der Waals surface area contributed by atoms with Crippen LogP contribution in [0.3, 0.4) is 0 Å². The van der Waals surface area contributed by atoms with Crippen molar-refractivity contribution >= 4 is 5.69 Å². The maximum Gasteiger partial charge on any atom is 0.294 e. The highest BCUT2D eigenvalue weighted by Gasteiger charge is 2.21. The highest BCUT2D eigenvalue weighted by molar-refractivity contribution is 5.52. The number of nitro groups is 1. The number of rotatable bonds is 5. The molecule has 100 valence electrons. The zero-order valence-corrected chi connectivity index (χ0v) is 10.5. The molecule has 0 unspecified atom stereocenters. The van der Waals surface area contributed by atoms with Crippen molar-refractivity contribution in [1.29, 1.82) is 0 Å². The van der Waals surface area contributed by atoms with Gasteiger partial charge in [0.2, 0.25) is 6.29 Å². The van der Waals surface area contributed by atoms with Crippen molar-refractivity contribution in [3.63, 3.8) is 0 Å². The predicted octanol–water partition coefficient (Wildman–Crippen LogP) is 2.07. The van der Waals surface area contributed by atoms with E-state index in [1.165, 1.54) is 31.2 Å². The number of ether oxygens (including phenoxy) is 2. The van der Waals surface area contributed by atoms with Gasteiger partial charge in [0.05, 0.1) is 4.92 Å². The third-order valence-electron chi connectivity index (χ3n) is 2.65. The van der Waals surface area contributed by atoms with Crippen LogP contribution in [-0.4, -0.2) is 28.9 Å². The quantitative estimate of drug-likeness (QED) is 0.468. The SMILES string of the molecule is COC(OC)c1ccnn1-c1ccccc1[N+](=O)[O-]. The van der Waals surface area contributed by atoms with E-state index < -0.39 is 11.2 Å². The van der Waals surface area contributed by atoms with Crippen molar-refractivity contribution in [1.82, 2.24) is 9.78 Å². The van der Waals surface area contributed by atoms with Crippen molar-refractivity contribution in [2.75, 3.05) is 14.2 Å². The second-order valence-corrected chi connectivity index (χ2v) is 3.72. The van der Waals surface area contributed by atoms with Crippen LogP contribution >= 0.6 is 0 Å². The van der Waals surface area contributed by atoms with E-state index in [9.17, 15) is 10.1 Å². The van der Waals surface area contributed by atoms with Crippen molar-refractivity contribution < 1.29 is 14.4 Å². The normalized spacial score (nSPS) is 10.9. The summed E-state index contributed by atoms with van der Waals surface area (Å²) in [7, 11) is 2.98. The fourth-order valence-electron chi connectivity index (χ4n) is 1.83. The molecule has 0 N–H and O–H groups in total. The third kappa shape index (κ3) is 2.47. The number of para-hydroxylation sites is 2.